The molecule has 0 aliphatic rings. The maximum atomic E-state index is 12.7. The summed E-state index contributed by atoms with van der Waals surface area (Å²) in [6.07, 6.45) is 0. The second-order valence-electron chi connectivity index (χ2n) is 5.95. The SMILES string of the molecule is CCOc1c(Cl)cc(C(=O)Nc2ccc(Br)cc2)cc1OCc1ccccc1. The third kappa shape index (κ3) is 5.27. The smallest absolute Gasteiger partial charge is 0.255 e. The van der Waals surface area contributed by atoms with Gasteiger partial charge in [-0.15, -0.1) is 0 Å². The summed E-state index contributed by atoms with van der Waals surface area (Å²) in [5.74, 6) is 0.580. The van der Waals surface area contributed by atoms with Crippen molar-refractivity contribution in [3.8, 4) is 11.5 Å². The third-order valence-electron chi connectivity index (χ3n) is 3.90. The number of rotatable bonds is 7. The first-order valence-corrected chi connectivity index (χ1v) is 9.94. The van der Waals surface area contributed by atoms with Crippen LogP contribution in [0.25, 0.3) is 0 Å². The lowest BCUT2D eigenvalue weighted by Gasteiger charge is -2.15. The summed E-state index contributed by atoms with van der Waals surface area (Å²) < 4.78 is 12.5. The summed E-state index contributed by atoms with van der Waals surface area (Å²) in [4.78, 5) is 12.7. The minimum atomic E-state index is -0.281. The van der Waals surface area contributed by atoms with Crippen LogP contribution < -0.4 is 14.8 Å². The highest BCUT2D eigenvalue weighted by Crippen LogP contribution is 2.37. The highest BCUT2D eigenvalue weighted by Gasteiger charge is 2.17. The van der Waals surface area contributed by atoms with Crippen LogP contribution >= 0.6 is 27.5 Å². The molecule has 6 heteroatoms. The van der Waals surface area contributed by atoms with Crippen molar-refractivity contribution in [2.75, 3.05) is 11.9 Å². The van der Waals surface area contributed by atoms with Gasteiger partial charge in [0.05, 0.1) is 11.6 Å². The van der Waals surface area contributed by atoms with Crippen LogP contribution in [-0.4, -0.2) is 12.5 Å². The normalized spacial score (nSPS) is 10.4. The molecule has 28 heavy (non-hydrogen) atoms. The molecule has 0 saturated heterocycles. The molecule has 0 aromatic heterocycles. The number of ether oxygens (including phenoxy) is 2. The highest BCUT2D eigenvalue weighted by atomic mass is 79.9. The van der Waals surface area contributed by atoms with Crippen molar-refractivity contribution in [3.05, 3.63) is 87.4 Å². The summed E-state index contributed by atoms with van der Waals surface area (Å²) in [5, 5.41) is 3.18. The van der Waals surface area contributed by atoms with Gasteiger partial charge in [-0.3, -0.25) is 4.79 Å². The van der Waals surface area contributed by atoms with Crippen LogP contribution in [0.15, 0.2) is 71.2 Å². The van der Waals surface area contributed by atoms with Crippen LogP contribution in [0, 0.1) is 0 Å². The van der Waals surface area contributed by atoms with Gasteiger partial charge < -0.3 is 14.8 Å². The van der Waals surface area contributed by atoms with Gasteiger partial charge >= 0.3 is 0 Å². The lowest BCUT2D eigenvalue weighted by molar-refractivity contribution is 0.102. The Morgan fingerprint density at radius 3 is 2.43 bits per heavy atom. The van der Waals surface area contributed by atoms with E-state index in [1.165, 1.54) is 0 Å². The number of benzene rings is 3. The lowest BCUT2D eigenvalue weighted by atomic mass is 10.1. The zero-order valence-corrected chi connectivity index (χ0v) is 17.6. The summed E-state index contributed by atoms with van der Waals surface area (Å²) in [7, 11) is 0. The fraction of sp³-hybridized carbons (Fsp3) is 0.136. The Morgan fingerprint density at radius 2 is 1.75 bits per heavy atom. The zero-order chi connectivity index (χ0) is 19.9. The van der Waals surface area contributed by atoms with Crippen LogP contribution in [0.1, 0.15) is 22.8 Å². The summed E-state index contributed by atoms with van der Waals surface area (Å²) in [6.45, 7) is 2.65. The zero-order valence-electron chi connectivity index (χ0n) is 15.2. The van der Waals surface area contributed by atoms with Crippen molar-refractivity contribution in [3.63, 3.8) is 0 Å². The minimum Gasteiger partial charge on any atom is -0.488 e. The van der Waals surface area contributed by atoms with Crippen molar-refractivity contribution in [2.45, 2.75) is 13.5 Å². The van der Waals surface area contributed by atoms with E-state index in [0.29, 0.717) is 41.0 Å². The molecule has 0 bridgehead atoms. The molecule has 0 atom stereocenters. The average molecular weight is 461 g/mol. The molecule has 3 aromatic rings. The Labute approximate surface area is 177 Å². The molecule has 0 spiro atoms. The monoisotopic (exact) mass is 459 g/mol. The average Bonchev–Trinajstić information content (AvgIpc) is 2.70. The Balaban J connectivity index is 1.83. The number of nitrogens with one attached hydrogen (secondary N) is 1. The molecule has 0 saturated carbocycles. The van der Waals surface area contributed by atoms with Crippen LogP contribution in [0.5, 0.6) is 11.5 Å². The Hall–Kier alpha value is -2.50. The van der Waals surface area contributed by atoms with Gasteiger partial charge in [0, 0.05) is 15.7 Å². The van der Waals surface area contributed by atoms with Crippen molar-refractivity contribution >= 4 is 39.1 Å². The van der Waals surface area contributed by atoms with Gasteiger partial charge in [-0.2, -0.15) is 0 Å². The molecule has 3 rings (SSSR count). The lowest BCUT2D eigenvalue weighted by Crippen LogP contribution is -2.12. The van der Waals surface area contributed by atoms with E-state index in [0.717, 1.165) is 10.0 Å². The molecule has 4 nitrogen and oxygen atoms in total. The first-order chi connectivity index (χ1) is 13.6. The number of hydrogen-bond acceptors (Lipinski definition) is 3. The van der Waals surface area contributed by atoms with E-state index in [9.17, 15) is 4.79 Å². The summed E-state index contributed by atoms with van der Waals surface area (Å²) >= 11 is 9.75. The second kappa shape index (κ2) is 9.62. The van der Waals surface area contributed by atoms with E-state index in [1.807, 2.05) is 61.5 Å². The largest absolute Gasteiger partial charge is 0.488 e. The van der Waals surface area contributed by atoms with Gasteiger partial charge in [-0.1, -0.05) is 57.9 Å². The van der Waals surface area contributed by atoms with Gasteiger partial charge in [-0.05, 0) is 48.9 Å². The molecule has 0 radical (unpaired) electrons. The molecule has 0 aliphatic carbocycles. The first-order valence-electron chi connectivity index (χ1n) is 8.77. The quantitative estimate of drug-likeness (QED) is 0.448. The predicted octanol–water partition coefficient (Wildman–Crippen LogP) is 6.33. The second-order valence-corrected chi connectivity index (χ2v) is 7.28. The van der Waals surface area contributed by atoms with E-state index < -0.39 is 0 Å². The van der Waals surface area contributed by atoms with Gasteiger partial charge in [0.2, 0.25) is 0 Å². The molecule has 3 aromatic carbocycles. The first kappa shape index (κ1) is 20.2. The van der Waals surface area contributed by atoms with Gasteiger partial charge in [0.15, 0.2) is 11.5 Å². The molecular weight excluding hydrogens is 442 g/mol. The van der Waals surface area contributed by atoms with Crippen molar-refractivity contribution < 1.29 is 14.3 Å². The Kier molecular flexibility index (Phi) is 6.95. The Bertz CT molecular complexity index is 946. The fourth-order valence-electron chi connectivity index (χ4n) is 2.56. The van der Waals surface area contributed by atoms with Crippen LogP contribution in [0.3, 0.4) is 0 Å². The molecule has 0 unspecified atom stereocenters. The van der Waals surface area contributed by atoms with Crippen molar-refractivity contribution in [2.24, 2.45) is 0 Å². The van der Waals surface area contributed by atoms with Crippen molar-refractivity contribution in [1.29, 1.82) is 0 Å². The number of carbonyl (C=O) groups is 1. The number of hydrogen-bond donors (Lipinski definition) is 1. The van der Waals surface area contributed by atoms with E-state index in [-0.39, 0.29) is 5.91 Å². The summed E-state index contributed by atoms with van der Waals surface area (Å²) in [6, 6.07) is 20.3. The standard InChI is InChI=1S/C22H19BrClNO3/c1-2-27-21-19(24)12-16(22(26)25-18-10-8-17(23)9-11-18)13-20(21)28-14-15-6-4-3-5-7-15/h3-13H,2,14H2,1H3,(H,25,26). The topological polar surface area (TPSA) is 47.6 Å². The van der Waals surface area contributed by atoms with Gasteiger partial charge in [-0.25, -0.2) is 0 Å². The van der Waals surface area contributed by atoms with E-state index in [2.05, 4.69) is 21.2 Å². The number of halogens is 2. The third-order valence-corrected chi connectivity index (χ3v) is 4.71. The fourth-order valence-corrected chi connectivity index (χ4v) is 3.09. The van der Waals surface area contributed by atoms with Crippen molar-refractivity contribution in [1.82, 2.24) is 0 Å². The summed E-state index contributed by atoms with van der Waals surface area (Å²) in [5.41, 5.74) is 2.08. The van der Waals surface area contributed by atoms with Crippen LogP contribution in [0.2, 0.25) is 5.02 Å². The van der Waals surface area contributed by atoms with E-state index >= 15 is 0 Å². The molecule has 1 N–H and O–H groups in total. The van der Waals surface area contributed by atoms with E-state index in [4.69, 9.17) is 21.1 Å². The highest BCUT2D eigenvalue weighted by molar-refractivity contribution is 9.10. The number of anilines is 1. The molecular formula is C22H19BrClNO3. The molecule has 0 aliphatic heterocycles. The van der Waals surface area contributed by atoms with E-state index in [1.54, 1.807) is 12.1 Å². The van der Waals surface area contributed by atoms with Crippen LogP contribution in [0.4, 0.5) is 5.69 Å². The maximum Gasteiger partial charge on any atom is 0.255 e. The van der Waals surface area contributed by atoms with Gasteiger partial charge in [0.25, 0.3) is 5.91 Å². The number of amides is 1. The molecule has 0 heterocycles. The molecule has 0 fully saturated rings. The molecule has 1 amide bonds. The number of carbonyl (C=O) groups excluding carboxylic acids is 1. The molecule has 144 valence electrons. The minimum absolute atomic E-state index is 0.281. The van der Waals surface area contributed by atoms with Crippen LogP contribution in [-0.2, 0) is 6.61 Å². The predicted molar refractivity (Wildman–Crippen MR) is 115 cm³/mol. The maximum absolute atomic E-state index is 12.7. The Morgan fingerprint density at radius 1 is 1.04 bits per heavy atom. The van der Waals surface area contributed by atoms with Gasteiger partial charge in [0.1, 0.15) is 6.61 Å².